The van der Waals surface area contributed by atoms with Crippen LogP contribution in [0, 0.1) is 11.8 Å². The topological polar surface area (TPSA) is 66.8 Å². The molecule has 1 amide bonds. The van der Waals surface area contributed by atoms with E-state index in [1.54, 1.807) is 12.2 Å². The van der Waals surface area contributed by atoms with E-state index in [2.05, 4.69) is 6.58 Å². The molecule has 2 bridgehead atoms. The molecule has 4 rings (SSSR count). The van der Waals surface area contributed by atoms with Crippen LogP contribution in [0.4, 0.5) is 0 Å². The Bertz CT molecular complexity index is 758. The van der Waals surface area contributed by atoms with E-state index >= 15 is 0 Å². The van der Waals surface area contributed by atoms with Gasteiger partial charge in [-0.2, -0.15) is 0 Å². The average Bonchev–Trinajstić information content (AvgIpc) is 3.24. The smallest absolute Gasteiger partial charge is 0.310 e. The molecule has 6 atom stereocenters. The Balaban J connectivity index is 1.78. The fraction of sp³-hybridized carbons (Fsp3) is 0.400. The van der Waals surface area contributed by atoms with Gasteiger partial charge in [0.25, 0.3) is 0 Å². The summed E-state index contributed by atoms with van der Waals surface area (Å²) in [4.78, 5) is 26.9. The van der Waals surface area contributed by atoms with Gasteiger partial charge in [-0.1, -0.05) is 48.6 Å². The Labute approximate surface area is 146 Å². The number of likely N-dealkylation sites (tertiary alicyclic amines) is 1. The van der Waals surface area contributed by atoms with E-state index in [-0.39, 0.29) is 18.0 Å². The molecule has 5 nitrogen and oxygen atoms in total. The minimum Gasteiger partial charge on any atom is -0.481 e. The fourth-order valence-electron chi connectivity index (χ4n) is 4.77. The first-order valence-corrected chi connectivity index (χ1v) is 8.59. The number of nitrogens with zero attached hydrogens (tertiary/aromatic N) is 1. The zero-order valence-corrected chi connectivity index (χ0v) is 14.0. The van der Waals surface area contributed by atoms with Crippen molar-refractivity contribution in [2.45, 2.75) is 37.1 Å². The van der Waals surface area contributed by atoms with Crippen LogP contribution >= 0.6 is 0 Å². The van der Waals surface area contributed by atoms with Crippen molar-refractivity contribution in [3.63, 3.8) is 0 Å². The molecule has 1 N–H and O–H groups in total. The van der Waals surface area contributed by atoms with Crippen LogP contribution in [0.15, 0.2) is 55.1 Å². The monoisotopic (exact) mass is 339 g/mol. The summed E-state index contributed by atoms with van der Waals surface area (Å²) >= 11 is 0. The lowest BCUT2D eigenvalue weighted by Crippen LogP contribution is -2.45. The molecule has 3 aliphatic rings. The van der Waals surface area contributed by atoms with Gasteiger partial charge in [0, 0.05) is 0 Å². The van der Waals surface area contributed by atoms with Crippen LogP contribution < -0.4 is 0 Å². The summed E-state index contributed by atoms with van der Waals surface area (Å²) < 4.78 is 6.11. The molecule has 130 valence electrons. The van der Waals surface area contributed by atoms with Crippen molar-refractivity contribution in [3.05, 3.63) is 60.7 Å². The molecule has 1 spiro atoms. The first-order chi connectivity index (χ1) is 12.0. The predicted octanol–water partition coefficient (Wildman–Crippen LogP) is 2.56. The van der Waals surface area contributed by atoms with Gasteiger partial charge >= 0.3 is 5.97 Å². The van der Waals surface area contributed by atoms with Crippen molar-refractivity contribution in [1.29, 1.82) is 0 Å². The van der Waals surface area contributed by atoms with Crippen LogP contribution in [-0.2, 0) is 14.3 Å². The Morgan fingerprint density at radius 1 is 1.44 bits per heavy atom. The second kappa shape index (κ2) is 5.56. The zero-order chi connectivity index (χ0) is 17.8. The number of fused-ring (bicyclic) bond motifs is 1. The minimum atomic E-state index is -0.971. The highest BCUT2D eigenvalue weighted by molar-refractivity contribution is 5.91. The maximum absolute atomic E-state index is 13.3. The normalized spacial score (nSPS) is 36.5. The van der Waals surface area contributed by atoms with E-state index in [0.717, 1.165) is 5.56 Å². The quantitative estimate of drug-likeness (QED) is 0.837. The highest BCUT2D eigenvalue weighted by Gasteiger charge is 2.71. The van der Waals surface area contributed by atoms with E-state index in [4.69, 9.17) is 4.74 Å². The van der Waals surface area contributed by atoms with Crippen molar-refractivity contribution < 1.29 is 19.4 Å². The number of rotatable bonds is 5. The van der Waals surface area contributed by atoms with E-state index < -0.39 is 29.5 Å². The number of hydrogen-bond donors (Lipinski definition) is 1. The molecule has 0 saturated carbocycles. The van der Waals surface area contributed by atoms with Gasteiger partial charge in [0.2, 0.25) is 5.91 Å². The van der Waals surface area contributed by atoms with Gasteiger partial charge in [-0.25, -0.2) is 0 Å². The minimum absolute atomic E-state index is 0.137. The summed E-state index contributed by atoms with van der Waals surface area (Å²) in [5.74, 6) is -2.60. The Hall–Kier alpha value is -2.40. The number of benzene rings is 1. The number of carbonyl (C=O) groups is 2. The van der Waals surface area contributed by atoms with Crippen LogP contribution in [0.1, 0.15) is 24.9 Å². The largest absolute Gasteiger partial charge is 0.481 e. The molecule has 25 heavy (non-hydrogen) atoms. The average molecular weight is 339 g/mol. The molecule has 0 unspecified atom stereocenters. The number of aliphatic carboxylic acids is 1. The van der Waals surface area contributed by atoms with Gasteiger partial charge in [-0.15, -0.1) is 6.58 Å². The van der Waals surface area contributed by atoms with Crippen molar-refractivity contribution in [3.8, 4) is 0 Å². The Morgan fingerprint density at radius 2 is 2.16 bits per heavy atom. The van der Waals surface area contributed by atoms with Gasteiger partial charge in [0.1, 0.15) is 11.5 Å². The third-order valence-corrected chi connectivity index (χ3v) is 5.84. The molecule has 1 aromatic carbocycles. The van der Waals surface area contributed by atoms with E-state index in [9.17, 15) is 14.7 Å². The molecule has 2 fully saturated rings. The summed E-state index contributed by atoms with van der Waals surface area (Å²) in [6.07, 6.45) is 5.52. The maximum Gasteiger partial charge on any atom is 0.310 e. The van der Waals surface area contributed by atoms with Gasteiger partial charge in [-0.05, 0) is 18.9 Å². The van der Waals surface area contributed by atoms with Crippen LogP contribution in [0.3, 0.4) is 0 Å². The highest BCUT2D eigenvalue weighted by Crippen LogP contribution is 2.57. The third kappa shape index (κ3) is 2.05. The molecule has 5 heteroatoms. The number of carboxylic acid groups (broad SMARTS) is 1. The molecule has 0 aliphatic carbocycles. The van der Waals surface area contributed by atoms with E-state index in [1.165, 1.54) is 0 Å². The third-order valence-electron chi connectivity index (χ3n) is 5.84. The number of carbonyl (C=O) groups excluding carboxylic acids is 1. The number of amides is 1. The number of ether oxygens (including phenoxy) is 1. The maximum atomic E-state index is 13.3. The van der Waals surface area contributed by atoms with Crippen molar-refractivity contribution in [1.82, 2.24) is 4.90 Å². The molecule has 0 aromatic heterocycles. The molecule has 3 heterocycles. The van der Waals surface area contributed by atoms with Crippen molar-refractivity contribution in [2.75, 3.05) is 0 Å². The molecule has 2 saturated heterocycles. The highest BCUT2D eigenvalue weighted by atomic mass is 16.5. The second-order valence-electron chi connectivity index (χ2n) is 7.01. The Morgan fingerprint density at radius 3 is 2.80 bits per heavy atom. The summed E-state index contributed by atoms with van der Waals surface area (Å²) in [6.45, 7) is 5.81. The van der Waals surface area contributed by atoms with Crippen molar-refractivity contribution in [2.24, 2.45) is 11.8 Å². The lowest BCUT2D eigenvalue weighted by molar-refractivity contribution is -0.149. The Kier molecular flexibility index (Phi) is 3.58. The van der Waals surface area contributed by atoms with Crippen molar-refractivity contribution >= 4 is 11.9 Å². The van der Waals surface area contributed by atoms with Gasteiger partial charge in [0.15, 0.2) is 0 Å². The molecule has 3 aliphatic heterocycles. The van der Waals surface area contributed by atoms with Crippen LogP contribution in [-0.4, -0.2) is 39.6 Å². The molecular weight excluding hydrogens is 318 g/mol. The van der Waals surface area contributed by atoms with Crippen LogP contribution in [0.5, 0.6) is 0 Å². The molecule has 0 radical (unpaired) electrons. The standard InChI is InChI=1S/C20H21NO4/c1-3-7-15-20-11-10-14(25-20)16(19(23)24)17(20)18(22)21(15)12(2)13-8-5-4-6-9-13/h3-6,8-12,14-17H,1,7H2,2H3,(H,23,24)/t12-,14+,15+,16-,17-,20+/m1/s1. The fourth-order valence-corrected chi connectivity index (χ4v) is 4.77. The van der Waals surface area contributed by atoms with E-state index in [1.807, 2.05) is 48.2 Å². The zero-order valence-electron chi connectivity index (χ0n) is 14.0. The summed E-state index contributed by atoms with van der Waals surface area (Å²) in [5.41, 5.74) is 0.161. The number of carboxylic acids is 1. The SMILES string of the molecule is C=CC[C@@H]1N([C@H](C)c2ccccc2)C(=O)[C@H]2[C@H](C(=O)O)[C@@H]3C=C[C@]12O3. The molecule has 1 aromatic rings. The summed E-state index contributed by atoms with van der Waals surface area (Å²) in [7, 11) is 0. The van der Waals surface area contributed by atoms with E-state index in [0.29, 0.717) is 6.42 Å². The lowest BCUT2D eigenvalue weighted by Gasteiger charge is -2.36. The van der Waals surface area contributed by atoms with Crippen LogP contribution in [0.2, 0.25) is 0 Å². The van der Waals surface area contributed by atoms with Gasteiger partial charge in [-0.3, -0.25) is 9.59 Å². The first kappa shape index (κ1) is 16.1. The first-order valence-electron chi connectivity index (χ1n) is 8.59. The van der Waals surface area contributed by atoms with Crippen LogP contribution in [0.25, 0.3) is 0 Å². The molecular formula is C20H21NO4. The number of hydrogen-bond acceptors (Lipinski definition) is 3. The lowest BCUT2D eigenvalue weighted by atomic mass is 9.74. The van der Waals surface area contributed by atoms with Gasteiger partial charge in [0.05, 0.1) is 24.1 Å². The predicted molar refractivity (Wildman–Crippen MR) is 91.7 cm³/mol. The second-order valence-corrected chi connectivity index (χ2v) is 7.01. The summed E-state index contributed by atoms with van der Waals surface area (Å²) in [5, 5.41) is 9.65. The summed E-state index contributed by atoms with van der Waals surface area (Å²) in [6, 6.07) is 9.37. The van der Waals surface area contributed by atoms with Gasteiger partial charge < -0.3 is 14.7 Å².